The highest BCUT2D eigenvalue weighted by Gasteiger charge is 1.98. The van der Waals surface area contributed by atoms with Crippen LogP contribution in [0.4, 0.5) is 4.39 Å². The van der Waals surface area contributed by atoms with E-state index in [9.17, 15) is 4.39 Å². The van der Waals surface area contributed by atoms with Crippen LogP contribution in [0, 0.1) is 5.82 Å². The minimum absolute atomic E-state index is 0.280. The maximum Gasteiger partial charge on any atom is 0.123 e. The molecule has 2 rings (SSSR count). The molecule has 2 aromatic carbocycles. The van der Waals surface area contributed by atoms with Gasteiger partial charge in [0.05, 0.1) is 6.21 Å². The molecule has 0 heterocycles. The topological polar surface area (TPSA) is 41.8 Å². The molecule has 0 amide bonds. The van der Waals surface area contributed by atoms with Crippen LogP contribution in [0.5, 0.6) is 5.75 Å². The molecule has 0 saturated heterocycles. The van der Waals surface area contributed by atoms with E-state index in [4.69, 9.17) is 9.94 Å². The molecular formula is C14H12FNO2. The van der Waals surface area contributed by atoms with Crippen molar-refractivity contribution in [2.24, 2.45) is 5.16 Å². The summed E-state index contributed by atoms with van der Waals surface area (Å²) < 4.78 is 18.5. The number of hydrogen-bond acceptors (Lipinski definition) is 3. The number of benzene rings is 2. The first-order valence-corrected chi connectivity index (χ1v) is 5.42. The molecule has 0 bridgehead atoms. The zero-order valence-electron chi connectivity index (χ0n) is 9.58. The Morgan fingerprint density at radius 3 is 2.78 bits per heavy atom. The lowest BCUT2D eigenvalue weighted by atomic mass is 10.2. The summed E-state index contributed by atoms with van der Waals surface area (Å²) in [4.78, 5) is 0. The highest BCUT2D eigenvalue weighted by atomic mass is 19.1. The second-order valence-electron chi connectivity index (χ2n) is 3.74. The third kappa shape index (κ3) is 3.31. The van der Waals surface area contributed by atoms with Gasteiger partial charge in [-0.3, -0.25) is 0 Å². The second kappa shape index (κ2) is 5.82. The van der Waals surface area contributed by atoms with Crippen molar-refractivity contribution in [3.05, 3.63) is 65.5 Å². The van der Waals surface area contributed by atoms with E-state index in [1.165, 1.54) is 18.3 Å². The Bertz CT molecular complexity index is 555. The van der Waals surface area contributed by atoms with E-state index in [-0.39, 0.29) is 12.4 Å². The first-order chi connectivity index (χ1) is 8.78. The lowest BCUT2D eigenvalue weighted by molar-refractivity contribution is 0.305. The van der Waals surface area contributed by atoms with E-state index in [1.54, 1.807) is 36.4 Å². The standard InChI is InChI=1S/C14H12FNO2/c15-13-5-1-4-12(7-13)10-18-14-6-2-3-11(8-14)9-16-17/h1-9,17H,10H2/b16-9-. The van der Waals surface area contributed by atoms with Crippen LogP contribution in [-0.2, 0) is 6.61 Å². The van der Waals surface area contributed by atoms with Crippen LogP contribution in [0.25, 0.3) is 0 Å². The van der Waals surface area contributed by atoms with Gasteiger partial charge in [0.2, 0.25) is 0 Å². The van der Waals surface area contributed by atoms with Crippen LogP contribution >= 0.6 is 0 Å². The molecule has 4 heteroatoms. The van der Waals surface area contributed by atoms with Crippen molar-refractivity contribution in [1.82, 2.24) is 0 Å². The fraction of sp³-hybridized carbons (Fsp3) is 0.0714. The van der Waals surface area contributed by atoms with Gasteiger partial charge in [0.15, 0.2) is 0 Å². The summed E-state index contributed by atoms with van der Waals surface area (Å²) in [6.07, 6.45) is 1.31. The Morgan fingerprint density at radius 1 is 1.17 bits per heavy atom. The van der Waals surface area contributed by atoms with Gasteiger partial charge in [-0.05, 0) is 35.4 Å². The van der Waals surface area contributed by atoms with Crippen LogP contribution in [0.3, 0.4) is 0 Å². The fourth-order valence-electron chi connectivity index (χ4n) is 1.54. The molecule has 92 valence electrons. The molecule has 0 saturated carbocycles. The Morgan fingerprint density at radius 2 is 2.00 bits per heavy atom. The maximum atomic E-state index is 13.0. The van der Waals surface area contributed by atoms with E-state index in [0.29, 0.717) is 5.75 Å². The predicted molar refractivity (Wildman–Crippen MR) is 66.6 cm³/mol. The van der Waals surface area contributed by atoms with E-state index < -0.39 is 0 Å². The fourth-order valence-corrected chi connectivity index (χ4v) is 1.54. The Labute approximate surface area is 104 Å². The molecule has 18 heavy (non-hydrogen) atoms. The molecule has 0 aliphatic rings. The van der Waals surface area contributed by atoms with Gasteiger partial charge in [0.1, 0.15) is 18.2 Å². The lowest BCUT2D eigenvalue weighted by Crippen LogP contribution is -1.96. The van der Waals surface area contributed by atoms with Gasteiger partial charge < -0.3 is 9.94 Å². The van der Waals surface area contributed by atoms with Crippen molar-refractivity contribution in [1.29, 1.82) is 0 Å². The Kier molecular flexibility index (Phi) is 3.91. The molecular weight excluding hydrogens is 233 g/mol. The predicted octanol–water partition coefficient (Wildman–Crippen LogP) is 3.21. The first-order valence-electron chi connectivity index (χ1n) is 5.42. The van der Waals surface area contributed by atoms with Crippen molar-refractivity contribution >= 4 is 6.21 Å². The Hall–Kier alpha value is -2.36. The molecule has 0 spiro atoms. The second-order valence-corrected chi connectivity index (χ2v) is 3.74. The molecule has 3 nitrogen and oxygen atoms in total. The Balaban J connectivity index is 2.04. The van der Waals surface area contributed by atoms with Crippen LogP contribution in [0.15, 0.2) is 53.7 Å². The van der Waals surface area contributed by atoms with Gasteiger partial charge in [0.25, 0.3) is 0 Å². The van der Waals surface area contributed by atoms with Crippen molar-refractivity contribution in [3.8, 4) is 5.75 Å². The third-order valence-electron chi connectivity index (χ3n) is 2.36. The maximum absolute atomic E-state index is 13.0. The molecule has 0 fully saturated rings. The monoisotopic (exact) mass is 245 g/mol. The number of hydrogen-bond donors (Lipinski definition) is 1. The van der Waals surface area contributed by atoms with E-state index in [1.807, 2.05) is 0 Å². The van der Waals surface area contributed by atoms with Gasteiger partial charge in [-0.1, -0.05) is 29.4 Å². The smallest absolute Gasteiger partial charge is 0.123 e. The molecule has 0 unspecified atom stereocenters. The summed E-state index contributed by atoms with van der Waals surface area (Å²) >= 11 is 0. The van der Waals surface area contributed by atoms with Crippen molar-refractivity contribution < 1.29 is 14.3 Å². The van der Waals surface area contributed by atoms with Crippen molar-refractivity contribution in [2.45, 2.75) is 6.61 Å². The highest BCUT2D eigenvalue weighted by Crippen LogP contribution is 2.14. The van der Waals surface area contributed by atoms with Crippen LogP contribution in [0.2, 0.25) is 0 Å². The SMILES string of the molecule is O/N=C\c1cccc(OCc2cccc(F)c2)c1. The molecule has 2 aromatic rings. The number of oxime groups is 1. The van der Waals surface area contributed by atoms with Gasteiger partial charge in [-0.15, -0.1) is 0 Å². The largest absolute Gasteiger partial charge is 0.489 e. The quantitative estimate of drug-likeness (QED) is 0.510. The third-order valence-corrected chi connectivity index (χ3v) is 2.36. The molecule has 0 radical (unpaired) electrons. The van der Waals surface area contributed by atoms with Gasteiger partial charge >= 0.3 is 0 Å². The molecule has 0 aliphatic heterocycles. The van der Waals surface area contributed by atoms with Crippen LogP contribution < -0.4 is 4.74 Å². The average molecular weight is 245 g/mol. The van der Waals surface area contributed by atoms with Crippen LogP contribution in [-0.4, -0.2) is 11.4 Å². The van der Waals surface area contributed by atoms with Crippen LogP contribution in [0.1, 0.15) is 11.1 Å². The van der Waals surface area contributed by atoms with Gasteiger partial charge in [-0.25, -0.2) is 4.39 Å². The summed E-state index contributed by atoms with van der Waals surface area (Å²) in [6, 6.07) is 13.4. The lowest BCUT2D eigenvalue weighted by Gasteiger charge is -2.06. The van der Waals surface area contributed by atoms with E-state index >= 15 is 0 Å². The summed E-state index contributed by atoms with van der Waals surface area (Å²) in [5.41, 5.74) is 1.49. The zero-order valence-corrected chi connectivity index (χ0v) is 9.58. The molecule has 1 N–H and O–H groups in total. The number of ether oxygens (including phenoxy) is 1. The minimum Gasteiger partial charge on any atom is -0.489 e. The molecule has 0 aromatic heterocycles. The molecule has 0 aliphatic carbocycles. The minimum atomic E-state index is -0.280. The van der Waals surface area contributed by atoms with Crippen molar-refractivity contribution in [2.75, 3.05) is 0 Å². The zero-order chi connectivity index (χ0) is 12.8. The van der Waals surface area contributed by atoms with Gasteiger partial charge in [-0.2, -0.15) is 0 Å². The van der Waals surface area contributed by atoms with Crippen molar-refractivity contribution in [3.63, 3.8) is 0 Å². The normalized spacial score (nSPS) is 10.7. The summed E-state index contributed by atoms with van der Waals surface area (Å²) in [5.74, 6) is 0.355. The van der Waals surface area contributed by atoms with E-state index in [0.717, 1.165) is 11.1 Å². The number of rotatable bonds is 4. The summed E-state index contributed by atoms with van der Waals surface area (Å²) in [5, 5.41) is 11.4. The summed E-state index contributed by atoms with van der Waals surface area (Å²) in [7, 11) is 0. The first kappa shape index (κ1) is 12.1. The van der Waals surface area contributed by atoms with Gasteiger partial charge in [0, 0.05) is 0 Å². The highest BCUT2D eigenvalue weighted by molar-refractivity contribution is 5.79. The number of nitrogens with zero attached hydrogens (tertiary/aromatic N) is 1. The average Bonchev–Trinajstić information content (AvgIpc) is 2.37. The number of halogens is 1. The molecule has 0 atom stereocenters. The van der Waals surface area contributed by atoms with E-state index in [2.05, 4.69) is 5.16 Å². The summed E-state index contributed by atoms with van der Waals surface area (Å²) in [6.45, 7) is 0.289.